The molecule has 0 amide bonds. The Labute approximate surface area is 79.9 Å². The van der Waals surface area contributed by atoms with E-state index in [4.69, 9.17) is 27.5 Å². The van der Waals surface area contributed by atoms with Crippen molar-refractivity contribution in [3.8, 4) is 11.8 Å². The quantitative estimate of drug-likeness (QED) is 0.712. The number of nitrogens with one attached hydrogen (secondary N) is 1. The summed E-state index contributed by atoms with van der Waals surface area (Å²) in [6, 6.07) is 5.10. The van der Waals surface area contributed by atoms with Crippen molar-refractivity contribution in [1.82, 2.24) is 0 Å². The first kappa shape index (κ1) is 9.49. The van der Waals surface area contributed by atoms with Crippen LogP contribution in [-0.2, 0) is 0 Å². The Hall–Kier alpha value is -1.60. The molecule has 0 spiro atoms. The second kappa shape index (κ2) is 3.87. The highest BCUT2D eigenvalue weighted by molar-refractivity contribution is 6.31. The summed E-state index contributed by atoms with van der Waals surface area (Å²) in [6.07, 6.45) is 0. The monoisotopic (exact) mass is 195 g/mol. The molecule has 5 heteroatoms. The molecule has 0 radical (unpaired) electrons. The van der Waals surface area contributed by atoms with Crippen LogP contribution in [0.2, 0.25) is 5.02 Å². The number of rotatable bonds is 2. The van der Waals surface area contributed by atoms with E-state index in [2.05, 4.69) is 5.11 Å². The van der Waals surface area contributed by atoms with Crippen LogP contribution in [-0.4, -0.2) is 5.11 Å². The lowest BCUT2D eigenvalue weighted by Crippen LogP contribution is -1.91. The second-order valence-electron chi connectivity index (χ2n) is 2.37. The third-order valence-corrected chi connectivity index (χ3v) is 1.86. The first-order valence-electron chi connectivity index (χ1n) is 3.43. The van der Waals surface area contributed by atoms with Crippen LogP contribution >= 0.6 is 11.6 Å². The van der Waals surface area contributed by atoms with Gasteiger partial charge in [0.2, 0.25) is 0 Å². The fraction of sp³-hybridized carbons (Fsp3) is 0.125. The molecule has 1 rings (SSSR count). The lowest BCUT2D eigenvalue weighted by atomic mass is 10.1. The molecule has 0 heterocycles. The predicted molar refractivity (Wildman–Crippen MR) is 46.6 cm³/mol. The molecule has 0 saturated carbocycles. The van der Waals surface area contributed by atoms with Gasteiger partial charge in [0.15, 0.2) is 6.04 Å². The minimum atomic E-state index is -0.895. The van der Waals surface area contributed by atoms with Crippen molar-refractivity contribution >= 4 is 11.6 Å². The number of halogens is 1. The summed E-state index contributed by atoms with van der Waals surface area (Å²) in [6.45, 7) is 0. The molecule has 0 aromatic heterocycles. The first-order valence-corrected chi connectivity index (χ1v) is 3.81. The number of hydrogen-bond acceptors (Lipinski definition) is 4. The highest BCUT2D eigenvalue weighted by Gasteiger charge is 2.12. The Morgan fingerprint density at radius 3 is 2.77 bits per heavy atom. The maximum atomic E-state index is 9.02. The van der Waals surface area contributed by atoms with Crippen LogP contribution in [0.15, 0.2) is 23.3 Å². The third-order valence-electron chi connectivity index (χ3n) is 1.53. The Morgan fingerprint density at radius 2 is 2.31 bits per heavy atom. The fourth-order valence-electron chi connectivity index (χ4n) is 0.906. The number of hydrogen-bond donors (Lipinski definition) is 2. The van der Waals surface area contributed by atoms with Gasteiger partial charge in [-0.15, -0.1) is 0 Å². The van der Waals surface area contributed by atoms with E-state index >= 15 is 0 Å². The molecule has 0 aliphatic carbocycles. The number of nitrogens with zero attached hydrogens (tertiary/aromatic N) is 2. The molecule has 0 aliphatic heterocycles. The van der Waals surface area contributed by atoms with Crippen LogP contribution in [0.3, 0.4) is 0 Å². The average Bonchev–Trinajstić information content (AvgIpc) is 2.10. The maximum absolute atomic E-state index is 9.02. The van der Waals surface area contributed by atoms with Crippen molar-refractivity contribution in [1.29, 1.82) is 10.8 Å². The Kier molecular flexibility index (Phi) is 2.83. The van der Waals surface area contributed by atoms with Gasteiger partial charge in [-0.25, -0.2) is 5.53 Å². The van der Waals surface area contributed by atoms with Gasteiger partial charge in [-0.05, 0) is 12.1 Å². The zero-order valence-corrected chi connectivity index (χ0v) is 7.28. The average molecular weight is 196 g/mol. The van der Waals surface area contributed by atoms with Crippen LogP contribution < -0.4 is 0 Å². The molecule has 0 aliphatic rings. The smallest absolute Gasteiger partial charge is 0.183 e. The summed E-state index contributed by atoms with van der Waals surface area (Å²) in [5.41, 5.74) is 7.16. The van der Waals surface area contributed by atoms with Crippen molar-refractivity contribution in [3.05, 3.63) is 28.8 Å². The second-order valence-corrected chi connectivity index (χ2v) is 2.77. The number of phenolic OH excluding ortho intramolecular Hbond substituents is 1. The van der Waals surface area contributed by atoms with Crippen molar-refractivity contribution in [2.75, 3.05) is 0 Å². The normalized spacial score (nSPS) is 11.7. The highest BCUT2D eigenvalue weighted by Crippen LogP contribution is 2.28. The van der Waals surface area contributed by atoms with Gasteiger partial charge >= 0.3 is 0 Å². The van der Waals surface area contributed by atoms with Gasteiger partial charge in [0.25, 0.3) is 0 Å². The fourth-order valence-corrected chi connectivity index (χ4v) is 1.18. The molecule has 1 unspecified atom stereocenters. The summed E-state index contributed by atoms with van der Waals surface area (Å²) < 4.78 is 0. The number of benzene rings is 1. The zero-order chi connectivity index (χ0) is 9.84. The van der Waals surface area contributed by atoms with Gasteiger partial charge in [0.1, 0.15) is 5.75 Å². The third kappa shape index (κ3) is 1.95. The molecule has 1 aromatic carbocycles. The van der Waals surface area contributed by atoms with Crippen molar-refractivity contribution in [2.24, 2.45) is 5.11 Å². The summed E-state index contributed by atoms with van der Waals surface area (Å²) in [7, 11) is 0. The van der Waals surface area contributed by atoms with Crippen LogP contribution in [0.1, 0.15) is 11.6 Å². The van der Waals surface area contributed by atoms with Gasteiger partial charge in [-0.3, -0.25) is 0 Å². The molecule has 0 fully saturated rings. The first-order chi connectivity index (χ1) is 6.19. The van der Waals surface area contributed by atoms with Gasteiger partial charge in [-0.2, -0.15) is 10.4 Å². The Balaban J connectivity index is 3.16. The molecular formula is C8H6ClN3O. The van der Waals surface area contributed by atoms with E-state index in [1.807, 2.05) is 6.07 Å². The Bertz CT molecular complexity index is 372. The molecule has 13 heavy (non-hydrogen) atoms. The van der Waals surface area contributed by atoms with Crippen molar-refractivity contribution < 1.29 is 5.11 Å². The van der Waals surface area contributed by atoms with E-state index in [9.17, 15) is 0 Å². The molecule has 0 saturated heterocycles. The maximum Gasteiger partial charge on any atom is 0.183 e. The number of nitriles is 1. The van der Waals surface area contributed by atoms with Crippen LogP contribution in [0.5, 0.6) is 5.75 Å². The molecule has 66 valence electrons. The van der Waals surface area contributed by atoms with Gasteiger partial charge < -0.3 is 5.11 Å². The lowest BCUT2D eigenvalue weighted by Gasteiger charge is -2.04. The van der Waals surface area contributed by atoms with Crippen LogP contribution in [0.25, 0.3) is 0 Å². The van der Waals surface area contributed by atoms with E-state index in [0.717, 1.165) is 0 Å². The highest BCUT2D eigenvalue weighted by atomic mass is 35.5. The van der Waals surface area contributed by atoms with Crippen LogP contribution in [0.4, 0.5) is 0 Å². The minimum absolute atomic E-state index is 0.0235. The topological polar surface area (TPSA) is 80.2 Å². The predicted octanol–water partition coefficient (Wildman–Crippen LogP) is 2.64. The summed E-state index contributed by atoms with van der Waals surface area (Å²) in [4.78, 5) is 0. The van der Waals surface area contributed by atoms with Gasteiger partial charge in [-0.1, -0.05) is 17.7 Å². The van der Waals surface area contributed by atoms with E-state index in [1.54, 1.807) is 0 Å². The molecule has 2 N–H and O–H groups in total. The standard InChI is InChI=1S/C8H6ClN3O/c9-7-3-5(13)1-2-6(7)8(4-10)12-11/h1-3,8,11,13H. The Morgan fingerprint density at radius 1 is 1.62 bits per heavy atom. The zero-order valence-electron chi connectivity index (χ0n) is 6.53. The largest absolute Gasteiger partial charge is 0.508 e. The summed E-state index contributed by atoms with van der Waals surface area (Å²) >= 11 is 5.73. The van der Waals surface area contributed by atoms with Crippen LogP contribution in [0, 0.1) is 16.9 Å². The molecule has 1 aromatic rings. The SMILES string of the molecule is N#CC(N=N)c1ccc(O)cc1Cl. The van der Waals surface area contributed by atoms with E-state index in [0.29, 0.717) is 5.56 Å². The molecule has 0 bridgehead atoms. The van der Waals surface area contributed by atoms with Crippen molar-refractivity contribution in [3.63, 3.8) is 0 Å². The number of aromatic hydroxyl groups is 1. The summed E-state index contributed by atoms with van der Waals surface area (Å²) in [5, 5.41) is 20.9. The van der Waals surface area contributed by atoms with Gasteiger partial charge in [0, 0.05) is 5.56 Å². The molecule has 1 atom stereocenters. The van der Waals surface area contributed by atoms with E-state index in [1.165, 1.54) is 18.2 Å². The lowest BCUT2D eigenvalue weighted by molar-refractivity contribution is 0.475. The molecular weight excluding hydrogens is 190 g/mol. The van der Waals surface area contributed by atoms with Gasteiger partial charge in [0.05, 0.1) is 11.1 Å². The van der Waals surface area contributed by atoms with E-state index < -0.39 is 6.04 Å². The van der Waals surface area contributed by atoms with Crippen molar-refractivity contribution in [2.45, 2.75) is 6.04 Å². The van der Waals surface area contributed by atoms with E-state index in [-0.39, 0.29) is 10.8 Å². The number of phenols is 1. The molecule has 4 nitrogen and oxygen atoms in total. The minimum Gasteiger partial charge on any atom is -0.508 e. The summed E-state index contributed by atoms with van der Waals surface area (Å²) in [5.74, 6) is 0.0235.